The van der Waals surface area contributed by atoms with Crippen molar-refractivity contribution >= 4 is 27.3 Å². The average Bonchev–Trinajstić information content (AvgIpc) is 3.07. The minimum Gasteiger partial charge on any atom is -0.486 e. The summed E-state index contributed by atoms with van der Waals surface area (Å²) in [6.45, 7) is 1.19. The van der Waals surface area contributed by atoms with Crippen molar-refractivity contribution in [1.82, 2.24) is 0 Å². The minimum absolute atomic E-state index is 0.120. The van der Waals surface area contributed by atoms with Gasteiger partial charge in [0.1, 0.15) is 13.2 Å². The van der Waals surface area contributed by atoms with E-state index in [9.17, 15) is 0 Å². The smallest absolute Gasteiger partial charge is 0.162 e. The van der Waals surface area contributed by atoms with Gasteiger partial charge in [0.2, 0.25) is 0 Å². The Morgan fingerprint density at radius 1 is 1.10 bits per heavy atom. The molecule has 1 aromatic heterocycles. The topological polar surface area (TPSA) is 44.5 Å². The molecule has 1 aromatic carbocycles. The Morgan fingerprint density at radius 3 is 2.62 bits per heavy atom. The first-order valence-electron chi connectivity index (χ1n) is 7.18. The van der Waals surface area contributed by atoms with Gasteiger partial charge in [-0.05, 0) is 48.6 Å². The molecule has 2 aliphatic rings. The molecule has 2 heterocycles. The number of hydrogen-bond donors (Lipinski definition) is 1. The van der Waals surface area contributed by atoms with Crippen molar-refractivity contribution in [2.75, 3.05) is 13.2 Å². The quantitative estimate of drug-likeness (QED) is 0.879. The third-order valence-electron chi connectivity index (χ3n) is 4.07. The molecule has 1 atom stereocenters. The Bertz CT molecular complexity index is 676. The Hall–Kier alpha value is -1.04. The second-order valence-electron chi connectivity index (χ2n) is 5.45. The van der Waals surface area contributed by atoms with E-state index in [1.807, 2.05) is 23.5 Å². The van der Waals surface area contributed by atoms with Crippen LogP contribution in [0.4, 0.5) is 0 Å². The summed E-state index contributed by atoms with van der Waals surface area (Å²) in [5.41, 5.74) is 9.04. The van der Waals surface area contributed by atoms with Crippen molar-refractivity contribution in [2.24, 2.45) is 5.73 Å². The molecular formula is C16H16BrNO2S. The summed E-state index contributed by atoms with van der Waals surface area (Å²) in [5.74, 6) is 1.58. The number of aryl methyl sites for hydroxylation is 2. The zero-order chi connectivity index (χ0) is 14.4. The second kappa shape index (κ2) is 5.30. The Labute approximate surface area is 136 Å². The highest BCUT2D eigenvalue weighted by Gasteiger charge is 2.23. The third-order valence-corrected chi connectivity index (χ3v) is 6.08. The van der Waals surface area contributed by atoms with Crippen molar-refractivity contribution in [3.8, 4) is 11.5 Å². The van der Waals surface area contributed by atoms with Gasteiger partial charge in [-0.15, -0.1) is 11.3 Å². The summed E-state index contributed by atoms with van der Waals surface area (Å²) in [4.78, 5) is 2.74. The highest BCUT2D eigenvalue weighted by atomic mass is 79.9. The lowest BCUT2D eigenvalue weighted by Crippen LogP contribution is -2.17. The second-order valence-corrected chi connectivity index (χ2v) is 7.47. The van der Waals surface area contributed by atoms with Crippen molar-refractivity contribution in [3.63, 3.8) is 0 Å². The molecule has 1 aliphatic heterocycles. The number of hydrogen-bond acceptors (Lipinski definition) is 4. The zero-order valence-electron chi connectivity index (χ0n) is 11.5. The molecule has 0 spiro atoms. The van der Waals surface area contributed by atoms with E-state index in [0.29, 0.717) is 13.2 Å². The van der Waals surface area contributed by atoms with E-state index in [2.05, 4.69) is 22.0 Å². The van der Waals surface area contributed by atoms with Crippen molar-refractivity contribution < 1.29 is 9.47 Å². The van der Waals surface area contributed by atoms with E-state index in [1.54, 1.807) is 0 Å². The van der Waals surface area contributed by atoms with E-state index < -0.39 is 0 Å². The van der Waals surface area contributed by atoms with Crippen molar-refractivity contribution in [3.05, 3.63) is 43.6 Å². The summed E-state index contributed by atoms with van der Waals surface area (Å²) < 4.78 is 12.2. The Kier molecular flexibility index (Phi) is 3.44. The number of fused-ring (bicyclic) bond motifs is 2. The van der Waals surface area contributed by atoms with E-state index in [1.165, 1.54) is 34.6 Å². The van der Waals surface area contributed by atoms with Crippen LogP contribution in [-0.4, -0.2) is 13.2 Å². The molecule has 1 unspecified atom stereocenters. The molecule has 0 saturated heterocycles. The Morgan fingerprint density at radius 2 is 1.86 bits per heavy atom. The van der Waals surface area contributed by atoms with Crippen LogP contribution < -0.4 is 15.2 Å². The SMILES string of the molecule is NC(c1cc2c(s1)CCC2)c1cc2c(cc1Br)OCCO2. The lowest BCUT2D eigenvalue weighted by molar-refractivity contribution is 0.171. The third kappa shape index (κ3) is 2.37. The predicted molar refractivity (Wildman–Crippen MR) is 87.5 cm³/mol. The number of thiophene rings is 1. The average molecular weight is 366 g/mol. The van der Waals surface area contributed by atoms with Crippen LogP contribution in [-0.2, 0) is 12.8 Å². The largest absolute Gasteiger partial charge is 0.486 e. The maximum atomic E-state index is 6.50. The van der Waals surface area contributed by atoms with Crippen LogP contribution in [0.15, 0.2) is 22.7 Å². The van der Waals surface area contributed by atoms with E-state index in [-0.39, 0.29) is 6.04 Å². The lowest BCUT2D eigenvalue weighted by Gasteiger charge is -2.21. The molecule has 2 aromatic rings. The van der Waals surface area contributed by atoms with E-state index in [0.717, 1.165) is 21.5 Å². The first-order valence-corrected chi connectivity index (χ1v) is 8.79. The molecule has 0 amide bonds. The van der Waals surface area contributed by atoms with Crippen LogP contribution in [0.25, 0.3) is 0 Å². The molecule has 0 saturated carbocycles. The maximum Gasteiger partial charge on any atom is 0.162 e. The molecule has 0 radical (unpaired) electrons. The molecule has 2 N–H and O–H groups in total. The highest BCUT2D eigenvalue weighted by molar-refractivity contribution is 9.10. The molecule has 21 heavy (non-hydrogen) atoms. The fourth-order valence-corrected chi connectivity index (χ4v) is 4.82. The van der Waals surface area contributed by atoms with Gasteiger partial charge in [-0.25, -0.2) is 0 Å². The van der Waals surface area contributed by atoms with E-state index >= 15 is 0 Å². The van der Waals surface area contributed by atoms with Gasteiger partial charge < -0.3 is 15.2 Å². The molecule has 3 nitrogen and oxygen atoms in total. The van der Waals surface area contributed by atoms with Gasteiger partial charge in [0.25, 0.3) is 0 Å². The normalized spacial score (nSPS) is 17.6. The van der Waals surface area contributed by atoms with Gasteiger partial charge >= 0.3 is 0 Å². The highest BCUT2D eigenvalue weighted by Crippen LogP contribution is 2.41. The van der Waals surface area contributed by atoms with Crippen molar-refractivity contribution in [1.29, 1.82) is 0 Å². The summed E-state index contributed by atoms with van der Waals surface area (Å²) >= 11 is 5.47. The summed E-state index contributed by atoms with van der Waals surface area (Å²) in [6.07, 6.45) is 3.68. The number of benzene rings is 1. The standard InChI is InChI=1S/C16H16BrNO2S/c17-11-8-13-12(19-4-5-20-13)7-10(11)16(18)15-6-9-2-1-3-14(9)21-15/h6-8,16H,1-5,18H2. The molecule has 1 aliphatic carbocycles. The number of rotatable bonds is 2. The molecule has 0 bridgehead atoms. The van der Waals surface area contributed by atoms with Crippen LogP contribution in [0, 0.1) is 0 Å². The van der Waals surface area contributed by atoms with Gasteiger partial charge in [0, 0.05) is 14.2 Å². The van der Waals surface area contributed by atoms with E-state index in [4.69, 9.17) is 15.2 Å². The lowest BCUT2D eigenvalue weighted by atomic mass is 10.0. The molecule has 5 heteroatoms. The van der Waals surface area contributed by atoms with Crippen LogP contribution in [0.3, 0.4) is 0 Å². The van der Waals surface area contributed by atoms with Crippen LogP contribution in [0.1, 0.15) is 33.3 Å². The number of nitrogens with two attached hydrogens (primary N) is 1. The maximum absolute atomic E-state index is 6.50. The number of ether oxygens (including phenoxy) is 2. The first-order chi connectivity index (χ1) is 10.2. The van der Waals surface area contributed by atoms with Gasteiger partial charge in [-0.2, -0.15) is 0 Å². The van der Waals surface area contributed by atoms with Crippen LogP contribution in [0.2, 0.25) is 0 Å². The fraction of sp³-hybridized carbons (Fsp3) is 0.375. The fourth-order valence-electron chi connectivity index (χ4n) is 2.98. The summed E-state index contributed by atoms with van der Waals surface area (Å²) in [7, 11) is 0. The summed E-state index contributed by atoms with van der Waals surface area (Å²) in [5, 5.41) is 0. The monoisotopic (exact) mass is 365 g/mol. The molecule has 0 fully saturated rings. The van der Waals surface area contributed by atoms with Gasteiger partial charge in [0.15, 0.2) is 11.5 Å². The molecule has 110 valence electrons. The van der Waals surface area contributed by atoms with Crippen molar-refractivity contribution in [2.45, 2.75) is 25.3 Å². The first kappa shape index (κ1) is 13.6. The van der Waals surface area contributed by atoms with Gasteiger partial charge in [-0.3, -0.25) is 0 Å². The van der Waals surface area contributed by atoms with Gasteiger partial charge in [-0.1, -0.05) is 15.9 Å². The van der Waals surface area contributed by atoms with Crippen LogP contribution in [0.5, 0.6) is 11.5 Å². The minimum atomic E-state index is -0.120. The van der Waals surface area contributed by atoms with Gasteiger partial charge in [0.05, 0.1) is 6.04 Å². The van der Waals surface area contributed by atoms with Crippen LogP contribution >= 0.6 is 27.3 Å². The molecule has 4 rings (SSSR count). The predicted octanol–water partition coefficient (Wildman–Crippen LogP) is 3.82. The summed E-state index contributed by atoms with van der Waals surface area (Å²) in [6, 6.07) is 6.13. The zero-order valence-corrected chi connectivity index (χ0v) is 13.9. The number of halogens is 1. The molecular weight excluding hydrogens is 350 g/mol. The Balaban J connectivity index is 1.71.